The zero-order valence-corrected chi connectivity index (χ0v) is 9.59. The number of ether oxygens (including phenoxy) is 1. The molecular weight excluding hydrogens is 222 g/mol. The number of carboxylic acids is 1. The Balaban J connectivity index is 2.29. The van der Waals surface area contributed by atoms with Crippen molar-refractivity contribution in [1.29, 1.82) is 0 Å². The van der Waals surface area contributed by atoms with E-state index in [1.807, 2.05) is 11.9 Å². The van der Waals surface area contributed by atoms with E-state index in [2.05, 4.69) is 4.98 Å². The average molecular weight is 237 g/mol. The summed E-state index contributed by atoms with van der Waals surface area (Å²) >= 11 is 0. The van der Waals surface area contributed by atoms with Gasteiger partial charge in [-0.05, 0) is 18.6 Å². The second-order valence-electron chi connectivity index (χ2n) is 4.04. The lowest BCUT2D eigenvalue weighted by Gasteiger charge is -2.25. The van der Waals surface area contributed by atoms with Gasteiger partial charge in [0.05, 0.1) is 18.3 Å². The Bertz CT molecular complexity index is 430. The first-order valence-electron chi connectivity index (χ1n) is 5.40. The van der Waals surface area contributed by atoms with Crippen molar-refractivity contribution in [2.75, 3.05) is 30.9 Å². The Hall–Kier alpha value is -1.82. The summed E-state index contributed by atoms with van der Waals surface area (Å²) in [7, 11) is 1.85. The van der Waals surface area contributed by atoms with Gasteiger partial charge >= 0.3 is 5.97 Å². The molecule has 0 aromatic carbocycles. The van der Waals surface area contributed by atoms with Gasteiger partial charge in [0, 0.05) is 13.7 Å². The molecule has 3 N–H and O–H groups in total. The van der Waals surface area contributed by atoms with Crippen molar-refractivity contribution in [1.82, 2.24) is 4.98 Å². The van der Waals surface area contributed by atoms with Crippen LogP contribution in [0.2, 0.25) is 0 Å². The number of hydrogen-bond donors (Lipinski definition) is 2. The zero-order valence-electron chi connectivity index (χ0n) is 9.59. The number of pyridine rings is 1. The van der Waals surface area contributed by atoms with Gasteiger partial charge in [-0.25, -0.2) is 9.78 Å². The molecule has 1 atom stereocenters. The predicted molar refractivity (Wildman–Crippen MR) is 63.2 cm³/mol. The quantitative estimate of drug-likeness (QED) is 0.799. The SMILES string of the molecule is CN(c1nc(C(=O)O)ccc1N)C1CCOC1. The van der Waals surface area contributed by atoms with E-state index in [1.54, 1.807) is 6.07 Å². The number of carbonyl (C=O) groups is 1. The highest BCUT2D eigenvalue weighted by Gasteiger charge is 2.23. The standard InChI is InChI=1S/C11H15N3O3/c1-14(7-4-5-17-6-7)10-8(12)2-3-9(13-10)11(15)16/h2-3,7H,4-6,12H2,1H3,(H,15,16). The third kappa shape index (κ3) is 2.31. The number of aromatic carboxylic acids is 1. The topological polar surface area (TPSA) is 88.7 Å². The highest BCUT2D eigenvalue weighted by molar-refractivity contribution is 5.87. The van der Waals surface area contributed by atoms with E-state index in [4.69, 9.17) is 15.6 Å². The summed E-state index contributed by atoms with van der Waals surface area (Å²) in [6.07, 6.45) is 0.898. The minimum Gasteiger partial charge on any atom is -0.477 e. The van der Waals surface area contributed by atoms with Crippen LogP contribution >= 0.6 is 0 Å². The van der Waals surface area contributed by atoms with Crippen LogP contribution in [0.5, 0.6) is 0 Å². The molecule has 1 aliphatic heterocycles. The lowest BCUT2D eigenvalue weighted by atomic mass is 10.2. The fourth-order valence-corrected chi connectivity index (χ4v) is 1.86. The van der Waals surface area contributed by atoms with Crippen LogP contribution in [-0.2, 0) is 4.74 Å². The Kier molecular flexibility index (Phi) is 3.14. The third-order valence-corrected chi connectivity index (χ3v) is 2.91. The van der Waals surface area contributed by atoms with Gasteiger partial charge < -0.3 is 20.5 Å². The molecule has 1 aromatic heterocycles. The van der Waals surface area contributed by atoms with Crippen molar-refractivity contribution in [3.8, 4) is 0 Å². The van der Waals surface area contributed by atoms with Crippen LogP contribution in [0.25, 0.3) is 0 Å². The van der Waals surface area contributed by atoms with Crippen LogP contribution in [0.4, 0.5) is 11.5 Å². The summed E-state index contributed by atoms with van der Waals surface area (Å²) in [5.41, 5.74) is 6.30. The first-order valence-corrected chi connectivity index (χ1v) is 5.40. The molecule has 0 saturated carbocycles. The van der Waals surface area contributed by atoms with Crippen LogP contribution < -0.4 is 10.6 Å². The molecule has 1 unspecified atom stereocenters. The molecule has 6 heteroatoms. The Labute approximate surface area is 99.0 Å². The Morgan fingerprint density at radius 1 is 1.65 bits per heavy atom. The molecule has 1 saturated heterocycles. The van der Waals surface area contributed by atoms with E-state index >= 15 is 0 Å². The summed E-state index contributed by atoms with van der Waals surface area (Å²) in [6.45, 7) is 1.34. The van der Waals surface area contributed by atoms with Crippen LogP contribution in [0.15, 0.2) is 12.1 Å². The van der Waals surface area contributed by atoms with E-state index in [-0.39, 0.29) is 11.7 Å². The van der Waals surface area contributed by atoms with Gasteiger partial charge in [0.1, 0.15) is 0 Å². The second-order valence-corrected chi connectivity index (χ2v) is 4.04. The summed E-state index contributed by atoms with van der Waals surface area (Å²) in [5, 5.41) is 8.90. The maximum atomic E-state index is 10.9. The van der Waals surface area contributed by atoms with Crippen molar-refractivity contribution >= 4 is 17.5 Å². The number of anilines is 2. The van der Waals surface area contributed by atoms with Gasteiger partial charge in [-0.2, -0.15) is 0 Å². The van der Waals surface area contributed by atoms with E-state index in [1.165, 1.54) is 6.07 Å². The Morgan fingerprint density at radius 3 is 3.00 bits per heavy atom. The molecule has 0 amide bonds. The normalized spacial score (nSPS) is 19.2. The molecule has 1 aromatic rings. The molecule has 92 valence electrons. The van der Waals surface area contributed by atoms with Crippen LogP contribution in [0.3, 0.4) is 0 Å². The summed E-state index contributed by atoms with van der Waals surface area (Å²) in [4.78, 5) is 16.8. The predicted octanol–water partition coefficient (Wildman–Crippen LogP) is 0.587. The van der Waals surface area contributed by atoms with Crippen molar-refractivity contribution in [2.45, 2.75) is 12.5 Å². The molecule has 6 nitrogen and oxygen atoms in total. The molecule has 1 aliphatic rings. The largest absolute Gasteiger partial charge is 0.477 e. The van der Waals surface area contributed by atoms with Crippen LogP contribution in [-0.4, -0.2) is 42.4 Å². The minimum absolute atomic E-state index is 0.0000321. The first-order chi connectivity index (χ1) is 8.09. The third-order valence-electron chi connectivity index (χ3n) is 2.91. The molecular formula is C11H15N3O3. The maximum absolute atomic E-state index is 10.9. The number of nitrogens with two attached hydrogens (primary N) is 1. The van der Waals surface area contributed by atoms with E-state index in [9.17, 15) is 4.79 Å². The maximum Gasteiger partial charge on any atom is 0.354 e. The lowest BCUT2D eigenvalue weighted by molar-refractivity contribution is 0.0690. The number of rotatable bonds is 3. The number of aromatic nitrogens is 1. The summed E-state index contributed by atoms with van der Waals surface area (Å²) < 4.78 is 5.29. The highest BCUT2D eigenvalue weighted by Crippen LogP contribution is 2.24. The molecule has 0 radical (unpaired) electrons. The van der Waals surface area contributed by atoms with E-state index in [0.717, 1.165) is 6.42 Å². The molecule has 17 heavy (non-hydrogen) atoms. The monoisotopic (exact) mass is 237 g/mol. The van der Waals surface area contributed by atoms with Crippen molar-refractivity contribution in [2.24, 2.45) is 0 Å². The zero-order chi connectivity index (χ0) is 12.4. The fourth-order valence-electron chi connectivity index (χ4n) is 1.86. The van der Waals surface area contributed by atoms with Crippen LogP contribution in [0.1, 0.15) is 16.9 Å². The van der Waals surface area contributed by atoms with Crippen LogP contribution in [0, 0.1) is 0 Å². The van der Waals surface area contributed by atoms with Gasteiger partial charge in [0.15, 0.2) is 11.5 Å². The van der Waals surface area contributed by atoms with Crippen molar-refractivity contribution in [3.05, 3.63) is 17.8 Å². The molecule has 1 fully saturated rings. The van der Waals surface area contributed by atoms with Crippen molar-refractivity contribution < 1.29 is 14.6 Å². The number of carboxylic acid groups (broad SMARTS) is 1. The van der Waals surface area contributed by atoms with Gasteiger partial charge in [-0.3, -0.25) is 0 Å². The number of nitrogen functional groups attached to an aromatic ring is 1. The fraction of sp³-hybridized carbons (Fsp3) is 0.455. The molecule has 2 heterocycles. The van der Waals surface area contributed by atoms with Gasteiger partial charge in [0.2, 0.25) is 0 Å². The minimum atomic E-state index is -1.05. The average Bonchev–Trinajstić information content (AvgIpc) is 2.81. The summed E-state index contributed by atoms with van der Waals surface area (Å²) in [6, 6.07) is 3.17. The second kappa shape index (κ2) is 4.58. The number of hydrogen-bond acceptors (Lipinski definition) is 5. The molecule has 0 bridgehead atoms. The number of likely N-dealkylation sites (N-methyl/N-ethyl adjacent to an activating group) is 1. The van der Waals surface area contributed by atoms with Gasteiger partial charge in [0.25, 0.3) is 0 Å². The molecule has 0 spiro atoms. The molecule has 2 rings (SSSR count). The highest BCUT2D eigenvalue weighted by atomic mass is 16.5. The summed E-state index contributed by atoms with van der Waals surface area (Å²) in [5.74, 6) is -0.553. The van der Waals surface area contributed by atoms with Crippen molar-refractivity contribution in [3.63, 3.8) is 0 Å². The Morgan fingerprint density at radius 2 is 2.41 bits per heavy atom. The van der Waals surface area contributed by atoms with Gasteiger partial charge in [-0.1, -0.05) is 0 Å². The number of nitrogens with zero attached hydrogens (tertiary/aromatic N) is 2. The molecule has 0 aliphatic carbocycles. The van der Waals surface area contributed by atoms with Gasteiger partial charge in [-0.15, -0.1) is 0 Å². The van der Waals surface area contributed by atoms with E-state index < -0.39 is 5.97 Å². The smallest absolute Gasteiger partial charge is 0.354 e. The first kappa shape index (κ1) is 11.7. The lowest BCUT2D eigenvalue weighted by Crippen LogP contribution is -2.33. The van der Waals surface area contributed by atoms with E-state index in [0.29, 0.717) is 24.7 Å².